The molecule has 1 unspecified atom stereocenters. The van der Waals surface area contributed by atoms with Gasteiger partial charge in [-0.2, -0.15) is 5.26 Å². The number of pyridine rings is 1. The van der Waals surface area contributed by atoms with Crippen molar-refractivity contribution >= 4 is 21.9 Å². The number of H-pyrrole nitrogens is 1. The summed E-state index contributed by atoms with van der Waals surface area (Å²) in [7, 11) is 0. The van der Waals surface area contributed by atoms with Crippen molar-refractivity contribution in [2.75, 3.05) is 0 Å². The topological polar surface area (TPSA) is 90.5 Å². The van der Waals surface area contributed by atoms with E-state index in [0.717, 1.165) is 44.2 Å². The highest BCUT2D eigenvalue weighted by atomic mass is 16.3. The molecule has 0 bridgehead atoms. The lowest BCUT2D eigenvalue weighted by Crippen LogP contribution is -2.11. The molecule has 0 aliphatic rings. The molecule has 5 rings (SSSR count). The van der Waals surface area contributed by atoms with Crippen molar-refractivity contribution in [2.24, 2.45) is 0 Å². The minimum absolute atomic E-state index is 0.542. The Balaban J connectivity index is 1.77. The van der Waals surface area contributed by atoms with Crippen molar-refractivity contribution in [3.63, 3.8) is 0 Å². The van der Waals surface area contributed by atoms with Crippen molar-refractivity contribution in [3.05, 3.63) is 83.6 Å². The van der Waals surface area contributed by atoms with Crippen molar-refractivity contribution in [1.29, 1.82) is 5.26 Å². The molecule has 2 N–H and O–H groups in total. The summed E-state index contributed by atoms with van der Waals surface area (Å²) in [4.78, 5) is 12.0. The summed E-state index contributed by atoms with van der Waals surface area (Å²) >= 11 is 0. The Bertz CT molecular complexity index is 1440. The molecule has 0 aliphatic carbocycles. The number of benzene rings is 2. The van der Waals surface area contributed by atoms with Gasteiger partial charge in [-0.15, -0.1) is 0 Å². The van der Waals surface area contributed by atoms with Gasteiger partial charge in [-0.05, 0) is 49.2 Å². The zero-order valence-corrected chi connectivity index (χ0v) is 16.6. The fraction of sp³-hybridized carbons (Fsp3) is 0.125. The number of aliphatic hydroxyl groups excluding tert-OH is 1. The van der Waals surface area contributed by atoms with E-state index >= 15 is 0 Å². The summed E-state index contributed by atoms with van der Waals surface area (Å²) in [6.07, 6.45) is 6.23. The number of imidazole rings is 1. The van der Waals surface area contributed by atoms with E-state index in [4.69, 9.17) is 5.26 Å². The van der Waals surface area contributed by atoms with Crippen LogP contribution in [0.4, 0.5) is 0 Å². The van der Waals surface area contributed by atoms with Crippen LogP contribution in [-0.2, 0) is 0 Å². The summed E-state index contributed by atoms with van der Waals surface area (Å²) in [5.74, 6) is 0. The van der Waals surface area contributed by atoms with E-state index in [0.29, 0.717) is 11.1 Å². The zero-order chi connectivity index (χ0) is 20.8. The first-order valence-electron chi connectivity index (χ1n) is 9.65. The van der Waals surface area contributed by atoms with Gasteiger partial charge in [0.05, 0.1) is 29.0 Å². The minimum atomic E-state index is -0.933. The van der Waals surface area contributed by atoms with E-state index in [9.17, 15) is 5.11 Å². The summed E-state index contributed by atoms with van der Waals surface area (Å²) in [5, 5.41) is 21.6. The molecule has 6 nitrogen and oxygen atoms in total. The maximum absolute atomic E-state index is 11.5. The van der Waals surface area contributed by atoms with Crippen LogP contribution in [0.3, 0.4) is 0 Å². The Labute approximate surface area is 173 Å². The summed E-state index contributed by atoms with van der Waals surface area (Å²) in [6.45, 7) is 4.07. The predicted molar refractivity (Wildman–Crippen MR) is 116 cm³/mol. The Morgan fingerprint density at radius 1 is 1.17 bits per heavy atom. The van der Waals surface area contributed by atoms with Crippen molar-refractivity contribution < 1.29 is 5.11 Å². The average molecular weight is 393 g/mol. The number of hydrogen-bond donors (Lipinski definition) is 2. The number of fused-ring (bicyclic) bond motifs is 2. The second kappa shape index (κ2) is 6.83. The molecule has 3 heterocycles. The van der Waals surface area contributed by atoms with Gasteiger partial charge < -0.3 is 10.1 Å². The third kappa shape index (κ3) is 2.68. The van der Waals surface area contributed by atoms with Crippen molar-refractivity contribution in [2.45, 2.75) is 20.1 Å². The van der Waals surface area contributed by atoms with Crippen LogP contribution in [0, 0.1) is 25.2 Å². The van der Waals surface area contributed by atoms with E-state index in [1.165, 1.54) is 0 Å². The number of aromatic nitrogens is 4. The number of nitrogens with one attached hydrogen (secondary N) is 1. The highest BCUT2D eigenvalue weighted by Gasteiger charge is 2.22. The Kier molecular flexibility index (Phi) is 4.12. The van der Waals surface area contributed by atoms with Gasteiger partial charge in [-0.1, -0.05) is 12.1 Å². The van der Waals surface area contributed by atoms with Gasteiger partial charge in [-0.3, -0.25) is 9.55 Å². The first-order valence-corrected chi connectivity index (χ1v) is 9.65. The quantitative estimate of drug-likeness (QED) is 0.468. The van der Waals surface area contributed by atoms with Crippen LogP contribution < -0.4 is 0 Å². The number of hydrogen-bond acceptors (Lipinski definition) is 4. The van der Waals surface area contributed by atoms with Gasteiger partial charge in [0.25, 0.3) is 0 Å². The second-order valence-electron chi connectivity index (χ2n) is 7.46. The number of nitrogens with zero attached hydrogens (tertiary/aromatic N) is 4. The van der Waals surface area contributed by atoms with E-state index < -0.39 is 6.23 Å². The molecule has 0 aliphatic heterocycles. The Morgan fingerprint density at radius 3 is 2.80 bits per heavy atom. The van der Waals surface area contributed by atoms with Crippen LogP contribution in [0.1, 0.15) is 28.5 Å². The largest absolute Gasteiger partial charge is 0.369 e. The number of rotatable bonds is 3. The van der Waals surface area contributed by atoms with Gasteiger partial charge >= 0.3 is 0 Å². The summed E-state index contributed by atoms with van der Waals surface area (Å²) in [6, 6.07) is 13.4. The zero-order valence-electron chi connectivity index (χ0n) is 16.6. The molecule has 0 radical (unpaired) electrons. The molecule has 0 amide bonds. The smallest absolute Gasteiger partial charge is 0.159 e. The molecule has 1 atom stereocenters. The molecule has 5 aromatic rings. The van der Waals surface area contributed by atoms with Gasteiger partial charge in [0.15, 0.2) is 6.23 Å². The molecule has 3 aromatic heterocycles. The monoisotopic (exact) mass is 393 g/mol. The standard InChI is InChI=1S/C24H19N5O/c1-14-8-15(2)23-22(18(12-27-23)17-4-3-7-26-11-17)21(14)24(30)29-13-28-19-9-16(10-25)5-6-20(19)29/h3-9,11-13,24,27,30H,1-2H3. The number of aliphatic hydroxyl groups is 1. The highest BCUT2D eigenvalue weighted by Crippen LogP contribution is 2.38. The molecule has 0 saturated heterocycles. The number of nitriles is 1. The molecule has 0 saturated carbocycles. The maximum Gasteiger partial charge on any atom is 0.159 e. The lowest BCUT2D eigenvalue weighted by molar-refractivity contribution is 0.151. The third-order valence-electron chi connectivity index (χ3n) is 5.60. The van der Waals surface area contributed by atoms with Crippen molar-refractivity contribution in [1.82, 2.24) is 19.5 Å². The Morgan fingerprint density at radius 2 is 2.03 bits per heavy atom. The Hall–Kier alpha value is -3.95. The molecule has 0 fully saturated rings. The van der Waals surface area contributed by atoms with Gasteiger partial charge in [0.1, 0.15) is 0 Å². The van der Waals surface area contributed by atoms with Crippen LogP contribution in [0.5, 0.6) is 0 Å². The third-order valence-corrected chi connectivity index (χ3v) is 5.60. The maximum atomic E-state index is 11.5. The van der Waals surface area contributed by atoms with E-state index in [2.05, 4.69) is 34.0 Å². The van der Waals surface area contributed by atoms with Gasteiger partial charge in [-0.25, -0.2) is 4.98 Å². The number of aromatic amines is 1. The minimum Gasteiger partial charge on any atom is -0.369 e. The van der Waals surface area contributed by atoms with Crippen molar-refractivity contribution in [3.8, 4) is 17.2 Å². The lowest BCUT2D eigenvalue weighted by Gasteiger charge is -2.19. The van der Waals surface area contributed by atoms with Crippen LogP contribution in [0.2, 0.25) is 0 Å². The van der Waals surface area contributed by atoms with Crippen LogP contribution in [-0.4, -0.2) is 24.6 Å². The average Bonchev–Trinajstić information content (AvgIpc) is 3.38. The van der Waals surface area contributed by atoms with Crippen LogP contribution in [0.25, 0.3) is 33.1 Å². The normalized spacial score (nSPS) is 12.3. The van der Waals surface area contributed by atoms with E-state index in [1.54, 1.807) is 29.2 Å². The molecule has 2 aromatic carbocycles. The molecular formula is C24H19N5O. The molecule has 30 heavy (non-hydrogen) atoms. The van der Waals surface area contributed by atoms with E-state index in [-0.39, 0.29) is 0 Å². The van der Waals surface area contributed by atoms with Gasteiger partial charge in [0.2, 0.25) is 0 Å². The number of aryl methyl sites for hydroxylation is 2. The molecule has 146 valence electrons. The molecule has 0 spiro atoms. The summed E-state index contributed by atoms with van der Waals surface area (Å²) < 4.78 is 1.74. The first-order chi connectivity index (χ1) is 14.6. The van der Waals surface area contributed by atoms with Gasteiger partial charge in [0, 0.05) is 46.2 Å². The molecular weight excluding hydrogens is 374 g/mol. The van der Waals surface area contributed by atoms with E-state index in [1.807, 2.05) is 37.5 Å². The fourth-order valence-corrected chi connectivity index (χ4v) is 4.20. The second-order valence-corrected chi connectivity index (χ2v) is 7.46. The molecule has 6 heteroatoms. The highest BCUT2D eigenvalue weighted by molar-refractivity contribution is 6.00. The summed E-state index contributed by atoms with van der Waals surface area (Å²) in [5.41, 5.74) is 7.88. The first kappa shape index (κ1) is 18.1. The van der Waals surface area contributed by atoms with Crippen LogP contribution in [0.15, 0.2) is 61.3 Å². The lowest BCUT2D eigenvalue weighted by atomic mass is 9.94. The fourth-order valence-electron chi connectivity index (χ4n) is 4.20. The van der Waals surface area contributed by atoms with Crippen LogP contribution >= 0.6 is 0 Å². The SMILES string of the molecule is Cc1cc(C)c2[nH]cc(-c3cccnc3)c2c1C(O)n1cnc2cc(C#N)ccc21. The predicted octanol–water partition coefficient (Wildman–Crippen LogP) is 4.61.